The van der Waals surface area contributed by atoms with Crippen molar-refractivity contribution in [2.75, 3.05) is 12.4 Å². The maximum atomic E-state index is 11.8. The molecule has 2 rings (SSSR count). The molecule has 0 radical (unpaired) electrons. The third kappa shape index (κ3) is 3.33. The zero-order valence-electron chi connectivity index (χ0n) is 10.8. The molecule has 0 aromatic heterocycles. The number of ketones is 1. The second kappa shape index (κ2) is 6.68. The number of benzene rings is 2. The van der Waals surface area contributed by atoms with Gasteiger partial charge < -0.3 is 10.1 Å². The minimum atomic E-state index is -0.304. The van der Waals surface area contributed by atoms with Crippen molar-refractivity contribution in [1.29, 1.82) is 0 Å². The third-order valence-electron chi connectivity index (χ3n) is 2.72. The Labute approximate surface area is 120 Å². The van der Waals surface area contributed by atoms with Crippen molar-refractivity contribution >= 4 is 33.8 Å². The Kier molecular flexibility index (Phi) is 4.68. The van der Waals surface area contributed by atoms with Crippen LogP contribution in [0.3, 0.4) is 0 Å². The van der Waals surface area contributed by atoms with Gasteiger partial charge in [-0.2, -0.15) is 0 Å². The average Bonchev–Trinajstić information content (AvgIpc) is 2.49. The lowest BCUT2D eigenvalue weighted by Gasteiger charge is -2.10. The number of para-hydroxylation sites is 1. The Morgan fingerprint density at radius 1 is 1.15 bits per heavy atom. The fraction of sp³-hybridized carbons (Fsp3) is 0.0667. The lowest BCUT2D eigenvalue weighted by molar-refractivity contribution is 0.107. The van der Waals surface area contributed by atoms with Crippen LogP contribution in [0.5, 0.6) is 5.75 Å². The molecule has 0 saturated carbocycles. The number of Topliss-reactive ketones (excluding diaryl/α,β-unsaturated/α-hetero) is 1. The molecule has 5 heteroatoms. The zero-order chi connectivity index (χ0) is 14.4. The fourth-order valence-electron chi connectivity index (χ4n) is 1.74. The van der Waals surface area contributed by atoms with E-state index in [1.807, 2.05) is 30.3 Å². The van der Waals surface area contributed by atoms with E-state index in [1.165, 1.54) is 0 Å². The van der Waals surface area contributed by atoms with Crippen molar-refractivity contribution in [2.45, 2.75) is 0 Å². The van der Waals surface area contributed by atoms with Crippen molar-refractivity contribution in [3.8, 4) is 5.75 Å². The highest BCUT2D eigenvalue weighted by Crippen LogP contribution is 2.22. The molecule has 0 amide bonds. The molecule has 4 nitrogen and oxygen atoms in total. The number of nitrogens with one attached hydrogen (secondary N) is 1. The molecule has 0 saturated heterocycles. The Morgan fingerprint density at radius 3 is 2.50 bits per heavy atom. The Hall–Kier alpha value is -2.40. The summed E-state index contributed by atoms with van der Waals surface area (Å²) in [5.41, 5.74) is 1.96. The van der Waals surface area contributed by atoms with Gasteiger partial charge in [0.05, 0.1) is 23.7 Å². The van der Waals surface area contributed by atoms with Crippen LogP contribution in [0, 0.1) is 0 Å². The van der Waals surface area contributed by atoms with Crippen LogP contribution >= 0.6 is 0 Å². The highest BCUT2D eigenvalue weighted by atomic mass is 32.1. The summed E-state index contributed by atoms with van der Waals surface area (Å²) in [6.45, 7) is 0. The topological polar surface area (TPSA) is 55.4 Å². The highest BCUT2D eigenvalue weighted by Gasteiger charge is 2.08. The van der Waals surface area contributed by atoms with E-state index >= 15 is 0 Å². The number of carbonyl (C=O) groups is 1. The summed E-state index contributed by atoms with van der Waals surface area (Å²) in [6.07, 6.45) is 0. The predicted molar refractivity (Wildman–Crippen MR) is 81.3 cm³/mol. The molecule has 0 atom stereocenters. The smallest absolute Gasteiger partial charge is 0.200 e. The predicted octanol–water partition coefficient (Wildman–Crippen LogP) is 2.64. The number of methoxy groups -OCH3 is 1. The van der Waals surface area contributed by atoms with Crippen LogP contribution in [0.15, 0.2) is 48.5 Å². The van der Waals surface area contributed by atoms with E-state index in [9.17, 15) is 9.00 Å². The van der Waals surface area contributed by atoms with Crippen LogP contribution in [0.2, 0.25) is 0 Å². The summed E-state index contributed by atoms with van der Waals surface area (Å²) in [7, 11) is 1.60. The molecule has 20 heavy (non-hydrogen) atoms. The van der Waals surface area contributed by atoms with Crippen molar-refractivity contribution < 1.29 is 13.7 Å². The van der Waals surface area contributed by atoms with Crippen LogP contribution in [-0.4, -0.2) is 22.5 Å². The average molecular weight is 287 g/mol. The van der Waals surface area contributed by atoms with Gasteiger partial charge >= 0.3 is 0 Å². The molecular weight excluding hydrogens is 274 g/mol. The molecule has 102 valence electrons. The molecular formula is C15H13NO3S. The maximum Gasteiger partial charge on any atom is 0.200 e. The summed E-state index contributed by atoms with van der Waals surface area (Å²) < 4.78 is 15.5. The van der Waals surface area contributed by atoms with Crippen LogP contribution in [0.1, 0.15) is 10.4 Å². The molecule has 0 aliphatic carbocycles. The van der Waals surface area contributed by atoms with Crippen LogP contribution < -0.4 is 10.1 Å². The van der Waals surface area contributed by atoms with E-state index in [-0.39, 0.29) is 17.0 Å². The standard InChI is InChI=1S/C15H13NO3S/c1-19-12-8-6-11(7-9-12)16-14-5-3-2-4-13(14)15(17)10-20-18/h2-10,16H,1H3. The van der Waals surface area contributed by atoms with E-state index < -0.39 is 0 Å². The number of hydrogen-bond donors (Lipinski definition) is 1. The van der Waals surface area contributed by atoms with Gasteiger partial charge in [0.15, 0.2) is 0 Å². The molecule has 0 bridgehead atoms. The number of carbonyl (C=O) groups excluding carboxylic acids is 1. The van der Waals surface area contributed by atoms with Crippen LogP contribution in [0.25, 0.3) is 0 Å². The quantitative estimate of drug-likeness (QED) is 0.678. The van der Waals surface area contributed by atoms with Gasteiger partial charge in [0, 0.05) is 16.9 Å². The second-order valence-electron chi connectivity index (χ2n) is 3.98. The van der Waals surface area contributed by atoms with E-state index in [4.69, 9.17) is 4.74 Å². The Balaban J connectivity index is 2.28. The number of rotatable bonds is 5. The summed E-state index contributed by atoms with van der Waals surface area (Å²) in [5, 5.41) is 4.21. The second-order valence-corrected chi connectivity index (χ2v) is 4.41. The van der Waals surface area contributed by atoms with Gasteiger partial charge in [-0.25, -0.2) is 4.21 Å². The molecule has 2 aromatic rings. The monoisotopic (exact) mass is 287 g/mol. The van der Waals surface area contributed by atoms with Gasteiger partial charge in [-0.15, -0.1) is 0 Å². The fourth-order valence-corrected chi connectivity index (χ4v) is 1.96. The van der Waals surface area contributed by atoms with Crippen molar-refractivity contribution in [2.24, 2.45) is 0 Å². The summed E-state index contributed by atoms with van der Waals surface area (Å²) in [6, 6.07) is 14.4. The minimum Gasteiger partial charge on any atom is -0.497 e. The molecule has 0 fully saturated rings. The van der Waals surface area contributed by atoms with Crippen LogP contribution in [0.4, 0.5) is 11.4 Å². The van der Waals surface area contributed by atoms with Crippen molar-refractivity contribution in [3.63, 3.8) is 0 Å². The normalized spacial score (nSPS) is 9.65. The zero-order valence-corrected chi connectivity index (χ0v) is 11.6. The third-order valence-corrected chi connectivity index (χ3v) is 3.03. The Bertz CT molecular complexity index is 661. The number of anilines is 2. The first kappa shape index (κ1) is 14.0. The number of ether oxygens (including phenoxy) is 1. The first-order valence-corrected chi connectivity index (χ1v) is 6.71. The molecule has 0 aliphatic heterocycles. The highest BCUT2D eigenvalue weighted by molar-refractivity contribution is 7.66. The van der Waals surface area contributed by atoms with Gasteiger partial charge in [0.2, 0.25) is 5.78 Å². The van der Waals surface area contributed by atoms with Gasteiger partial charge in [0.1, 0.15) is 5.75 Å². The molecule has 0 unspecified atom stereocenters. The molecule has 0 spiro atoms. The lowest BCUT2D eigenvalue weighted by atomic mass is 10.1. The largest absolute Gasteiger partial charge is 0.497 e. The summed E-state index contributed by atoms with van der Waals surface area (Å²) >= 11 is 0.156. The van der Waals surface area contributed by atoms with Gasteiger partial charge in [0.25, 0.3) is 0 Å². The first-order valence-electron chi connectivity index (χ1n) is 5.91. The van der Waals surface area contributed by atoms with E-state index in [0.29, 0.717) is 11.3 Å². The van der Waals surface area contributed by atoms with Gasteiger partial charge in [-0.3, -0.25) is 4.79 Å². The summed E-state index contributed by atoms with van der Waals surface area (Å²) in [4.78, 5) is 11.8. The maximum absolute atomic E-state index is 11.8. The van der Waals surface area contributed by atoms with Crippen LogP contribution in [-0.2, 0) is 11.3 Å². The minimum absolute atomic E-state index is 0.156. The first-order chi connectivity index (χ1) is 9.74. The molecule has 1 N–H and O–H groups in total. The molecule has 2 aromatic carbocycles. The van der Waals surface area contributed by atoms with E-state index in [0.717, 1.165) is 16.8 Å². The van der Waals surface area contributed by atoms with Crippen molar-refractivity contribution in [3.05, 3.63) is 54.1 Å². The number of hydrogen-bond acceptors (Lipinski definition) is 4. The van der Waals surface area contributed by atoms with E-state index in [1.54, 1.807) is 25.3 Å². The molecule has 0 aliphatic rings. The summed E-state index contributed by atoms with van der Waals surface area (Å²) in [5.74, 6) is 0.456. The Morgan fingerprint density at radius 2 is 1.85 bits per heavy atom. The van der Waals surface area contributed by atoms with E-state index in [2.05, 4.69) is 5.32 Å². The van der Waals surface area contributed by atoms with Crippen molar-refractivity contribution in [1.82, 2.24) is 0 Å². The lowest BCUT2D eigenvalue weighted by Crippen LogP contribution is -2.04. The SMILES string of the molecule is COc1ccc(Nc2ccccc2C(=O)C=S=O)cc1. The van der Waals surface area contributed by atoms with Gasteiger partial charge in [-0.1, -0.05) is 12.1 Å². The molecule has 0 heterocycles. The van der Waals surface area contributed by atoms with Gasteiger partial charge in [-0.05, 0) is 36.4 Å².